The lowest BCUT2D eigenvalue weighted by molar-refractivity contribution is -0.385. The molecule has 0 bridgehead atoms. The zero-order valence-corrected chi connectivity index (χ0v) is 15.4. The summed E-state index contributed by atoms with van der Waals surface area (Å²) < 4.78 is -1.92. The fraction of sp³-hybridized carbons (Fsp3) is 0.133. The Morgan fingerprint density at radius 3 is 2.24 bits per heavy atom. The Morgan fingerprint density at radius 2 is 1.68 bits per heavy atom. The first-order valence-electron chi connectivity index (χ1n) is 6.81. The molecule has 2 aromatic rings. The van der Waals surface area contributed by atoms with E-state index in [1.54, 1.807) is 24.3 Å². The molecule has 0 aromatic heterocycles. The summed E-state index contributed by atoms with van der Waals surface area (Å²) >= 11 is 23.5. The third-order valence-electron chi connectivity index (χ3n) is 3.10. The number of carbonyl (C=O) groups excluding carboxylic acids is 1. The fourth-order valence-electron chi connectivity index (χ4n) is 1.95. The largest absolute Gasteiger partial charge is 0.362 e. The lowest BCUT2D eigenvalue weighted by Gasteiger charge is -2.27. The number of amides is 1. The van der Waals surface area contributed by atoms with Crippen molar-refractivity contribution in [2.75, 3.05) is 5.32 Å². The van der Waals surface area contributed by atoms with E-state index in [2.05, 4.69) is 10.6 Å². The van der Waals surface area contributed by atoms with Gasteiger partial charge < -0.3 is 10.6 Å². The molecule has 132 valence electrons. The molecule has 0 saturated carbocycles. The number of benzene rings is 2. The highest BCUT2D eigenvalue weighted by atomic mass is 35.6. The molecule has 0 aliphatic rings. The van der Waals surface area contributed by atoms with E-state index in [0.717, 1.165) is 0 Å². The summed E-state index contributed by atoms with van der Waals surface area (Å²) in [6.07, 6.45) is -1.15. The first-order chi connectivity index (χ1) is 11.7. The average Bonchev–Trinajstić information content (AvgIpc) is 2.55. The number of anilines is 1. The molecule has 1 amide bonds. The highest BCUT2D eigenvalue weighted by Crippen LogP contribution is 2.32. The van der Waals surface area contributed by atoms with Gasteiger partial charge in [-0.25, -0.2) is 0 Å². The number of halogens is 4. The quantitative estimate of drug-likeness (QED) is 0.314. The van der Waals surface area contributed by atoms with Gasteiger partial charge >= 0.3 is 0 Å². The predicted molar refractivity (Wildman–Crippen MR) is 99.7 cm³/mol. The van der Waals surface area contributed by atoms with Crippen LogP contribution in [0.25, 0.3) is 0 Å². The van der Waals surface area contributed by atoms with Crippen molar-refractivity contribution in [1.29, 1.82) is 0 Å². The highest BCUT2D eigenvalue weighted by molar-refractivity contribution is 6.68. The molecule has 0 saturated heterocycles. The van der Waals surface area contributed by atoms with E-state index in [9.17, 15) is 14.9 Å². The summed E-state index contributed by atoms with van der Waals surface area (Å²) in [4.78, 5) is 22.8. The molecular formula is C15H11Cl4N3O3. The van der Waals surface area contributed by atoms with Gasteiger partial charge in [0, 0.05) is 16.8 Å². The van der Waals surface area contributed by atoms with Crippen LogP contribution in [0.4, 0.5) is 11.4 Å². The van der Waals surface area contributed by atoms with Crippen molar-refractivity contribution in [3.05, 3.63) is 69.2 Å². The number of nitrogens with zero attached hydrogens (tertiary/aromatic N) is 1. The van der Waals surface area contributed by atoms with Crippen LogP contribution >= 0.6 is 46.4 Å². The number of para-hydroxylation sites is 1. The number of hydrogen-bond donors (Lipinski definition) is 2. The van der Waals surface area contributed by atoms with E-state index < -0.39 is 20.8 Å². The molecule has 10 heteroatoms. The summed E-state index contributed by atoms with van der Waals surface area (Å²) in [7, 11) is 0. The van der Waals surface area contributed by atoms with Crippen molar-refractivity contribution in [2.24, 2.45) is 0 Å². The zero-order valence-electron chi connectivity index (χ0n) is 12.4. The molecule has 0 fully saturated rings. The summed E-state index contributed by atoms with van der Waals surface area (Å²) in [6.45, 7) is 0. The summed E-state index contributed by atoms with van der Waals surface area (Å²) in [5.41, 5.74) is 0.0304. The minimum atomic E-state index is -1.92. The molecule has 0 aliphatic carbocycles. The van der Waals surface area contributed by atoms with E-state index in [0.29, 0.717) is 10.7 Å². The monoisotopic (exact) mass is 421 g/mol. The van der Waals surface area contributed by atoms with Gasteiger partial charge in [0.15, 0.2) is 0 Å². The van der Waals surface area contributed by atoms with E-state index in [1.165, 1.54) is 24.3 Å². The topological polar surface area (TPSA) is 84.3 Å². The third kappa shape index (κ3) is 5.37. The molecule has 6 nitrogen and oxygen atoms in total. The van der Waals surface area contributed by atoms with Gasteiger partial charge in [0.05, 0.1) is 4.92 Å². The average molecular weight is 423 g/mol. The second-order valence-corrected chi connectivity index (χ2v) is 7.68. The molecule has 2 rings (SSSR count). The maximum absolute atomic E-state index is 12.4. The number of carbonyl (C=O) groups is 1. The standard InChI is InChI=1S/C15H11Cl4N3O3/c16-9-5-7-10(8-6-9)20-14(15(17,18)19)21-13(23)11-3-1-2-4-12(11)22(24)25/h1-8,14,20H,(H,21,23). The maximum atomic E-state index is 12.4. The molecule has 2 N–H and O–H groups in total. The normalized spacial score (nSPS) is 12.3. The second-order valence-electron chi connectivity index (χ2n) is 4.87. The van der Waals surface area contributed by atoms with Crippen LogP contribution in [0, 0.1) is 10.1 Å². The molecule has 1 unspecified atom stereocenters. The molecule has 2 aromatic carbocycles. The Hall–Kier alpha value is -1.73. The SMILES string of the molecule is O=C(NC(Nc1ccc(Cl)cc1)C(Cl)(Cl)Cl)c1ccccc1[N+](=O)[O-]. The predicted octanol–water partition coefficient (Wildman–Crippen LogP) is 4.79. The minimum absolute atomic E-state index is 0.148. The summed E-state index contributed by atoms with van der Waals surface area (Å²) in [6, 6.07) is 12.0. The van der Waals surface area contributed by atoms with Crippen LogP contribution in [0.3, 0.4) is 0 Å². The van der Waals surface area contributed by atoms with Gasteiger partial charge in [-0.1, -0.05) is 58.5 Å². The Morgan fingerprint density at radius 1 is 1.08 bits per heavy atom. The highest BCUT2D eigenvalue weighted by Gasteiger charge is 2.35. The number of nitro benzene ring substituents is 1. The smallest absolute Gasteiger partial charge is 0.282 e. The van der Waals surface area contributed by atoms with Crippen molar-refractivity contribution in [3.63, 3.8) is 0 Å². The Balaban J connectivity index is 2.24. The van der Waals surface area contributed by atoms with Crippen molar-refractivity contribution in [1.82, 2.24) is 5.32 Å². The first kappa shape index (κ1) is 19.6. The first-order valence-corrected chi connectivity index (χ1v) is 8.33. The van der Waals surface area contributed by atoms with E-state index >= 15 is 0 Å². The molecular weight excluding hydrogens is 412 g/mol. The van der Waals surface area contributed by atoms with Crippen molar-refractivity contribution >= 4 is 63.7 Å². The summed E-state index contributed by atoms with van der Waals surface area (Å²) in [5, 5.41) is 16.9. The molecule has 25 heavy (non-hydrogen) atoms. The molecule has 0 spiro atoms. The number of nitro groups is 1. The van der Waals surface area contributed by atoms with Crippen LogP contribution < -0.4 is 10.6 Å². The zero-order chi connectivity index (χ0) is 18.6. The van der Waals surface area contributed by atoms with Crippen LogP contribution in [-0.4, -0.2) is 20.8 Å². The molecule has 0 radical (unpaired) electrons. The molecule has 1 atom stereocenters. The number of rotatable bonds is 5. The van der Waals surface area contributed by atoms with Crippen molar-refractivity contribution in [2.45, 2.75) is 9.96 Å². The lowest BCUT2D eigenvalue weighted by Crippen LogP contribution is -2.49. The lowest BCUT2D eigenvalue weighted by atomic mass is 10.1. The van der Waals surface area contributed by atoms with Gasteiger partial charge in [-0.15, -0.1) is 0 Å². The Kier molecular flexibility index (Phi) is 6.35. The van der Waals surface area contributed by atoms with E-state index in [-0.39, 0.29) is 11.3 Å². The van der Waals surface area contributed by atoms with Crippen LogP contribution in [0.2, 0.25) is 5.02 Å². The van der Waals surface area contributed by atoms with Crippen LogP contribution in [0.5, 0.6) is 0 Å². The number of nitrogens with one attached hydrogen (secondary N) is 2. The number of hydrogen-bond acceptors (Lipinski definition) is 4. The summed E-state index contributed by atoms with van der Waals surface area (Å²) in [5.74, 6) is -0.759. The molecule has 0 heterocycles. The van der Waals surface area contributed by atoms with Gasteiger partial charge in [-0.3, -0.25) is 14.9 Å². The van der Waals surface area contributed by atoms with Gasteiger partial charge in [0.25, 0.3) is 11.6 Å². The van der Waals surface area contributed by atoms with Crippen LogP contribution in [0.15, 0.2) is 48.5 Å². The Labute approximate surface area is 163 Å². The minimum Gasteiger partial charge on any atom is -0.362 e. The Bertz CT molecular complexity index is 778. The third-order valence-corrected chi connectivity index (χ3v) is 4.01. The van der Waals surface area contributed by atoms with E-state index in [1.807, 2.05) is 0 Å². The van der Waals surface area contributed by atoms with Gasteiger partial charge in [-0.05, 0) is 30.3 Å². The van der Waals surface area contributed by atoms with Crippen LogP contribution in [-0.2, 0) is 0 Å². The van der Waals surface area contributed by atoms with Crippen molar-refractivity contribution < 1.29 is 9.72 Å². The van der Waals surface area contributed by atoms with Crippen LogP contribution in [0.1, 0.15) is 10.4 Å². The van der Waals surface area contributed by atoms with Gasteiger partial charge in [0.1, 0.15) is 11.7 Å². The second kappa shape index (κ2) is 8.10. The number of alkyl halides is 3. The maximum Gasteiger partial charge on any atom is 0.282 e. The van der Waals surface area contributed by atoms with Gasteiger partial charge in [0.2, 0.25) is 3.79 Å². The van der Waals surface area contributed by atoms with E-state index in [4.69, 9.17) is 46.4 Å². The van der Waals surface area contributed by atoms with Crippen molar-refractivity contribution in [3.8, 4) is 0 Å². The van der Waals surface area contributed by atoms with Gasteiger partial charge in [-0.2, -0.15) is 0 Å². The molecule has 0 aliphatic heterocycles. The fourth-order valence-corrected chi connectivity index (χ4v) is 2.40.